The van der Waals surface area contributed by atoms with E-state index in [2.05, 4.69) is 41.9 Å². The Morgan fingerprint density at radius 1 is 1.11 bits per heavy atom. The quantitative estimate of drug-likeness (QED) is 0.812. The SMILES string of the molecule is CSc1ccccc1NC(CC#N)c1ccccc1. The molecule has 3 heteroatoms. The molecular formula is C16H16N2S. The first kappa shape index (κ1) is 13.5. The summed E-state index contributed by atoms with van der Waals surface area (Å²) in [5.74, 6) is 0. The highest BCUT2D eigenvalue weighted by atomic mass is 32.2. The van der Waals surface area contributed by atoms with E-state index in [0.717, 1.165) is 11.3 Å². The van der Waals surface area contributed by atoms with Crippen molar-refractivity contribution in [1.29, 1.82) is 5.26 Å². The van der Waals surface area contributed by atoms with Gasteiger partial charge in [0.2, 0.25) is 0 Å². The summed E-state index contributed by atoms with van der Waals surface area (Å²) in [4.78, 5) is 1.20. The average Bonchev–Trinajstić information content (AvgIpc) is 2.48. The highest BCUT2D eigenvalue weighted by molar-refractivity contribution is 7.98. The van der Waals surface area contributed by atoms with Crippen LogP contribution in [0, 0.1) is 11.3 Å². The van der Waals surface area contributed by atoms with Crippen LogP contribution in [-0.4, -0.2) is 6.26 Å². The summed E-state index contributed by atoms with van der Waals surface area (Å²) in [7, 11) is 0. The molecule has 1 N–H and O–H groups in total. The van der Waals surface area contributed by atoms with Gasteiger partial charge in [-0.25, -0.2) is 0 Å². The number of anilines is 1. The molecule has 2 rings (SSSR count). The maximum absolute atomic E-state index is 9.01. The molecule has 0 aliphatic heterocycles. The second-order valence-electron chi connectivity index (χ2n) is 4.17. The number of hydrogen-bond donors (Lipinski definition) is 1. The van der Waals surface area contributed by atoms with Gasteiger partial charge in [-0.3, -0.25) is 0 Å². The van der Waals surface area contributed by atoms with E-state index in [0.29, 0.717) is 6.42 Å². The Morgan fingerprint density at radius 3 is 2.47 bits per heavy atom. The van der Waals surface area contributed by atoms with Gasteiger partial charge in [-0.15, -0.1) is 11.8 Å². The fourth-order valence-electron chi connectivity index (χ4n) is 1.98. The molecule has 0 spiro atoms. The van der Waals surface area contributed by atoms with Gasteiger partial charge < -0.3 is 5.32 Å². The zero-order valence-corrected chi connectivity index (χ0v) is 11.7. The smallest absolute Gasteiger partial charge is 0.0647 e. The zero-order chi connectivity index (χ0) is 13.5. The summed E-state index contributed by atoms with van der Waals surface area (Å²) >= 11 is 1.71. The summed E-state index contributed by atoms with van der Waals surface area (Å²) in [6, 6.07) is 20.6. The van der Waals surface area contributed by atoms with Crippen molar-refractivity contribution in [2.75, 3.05) is 11.6 Å². The van der Waals surface area contributed by atoms with Crippen LogP contribution < -0.4 is 5.32 Å². The summed E-state index contributed by atoms with van der Waals surface area (Å²) in [6.07, 6.45) is 2.51. The predicted molar refractivity (Wildman–Crippen MR) is 81.3 cm³/mol. The zero-order valence-electron chi connectivity index (χ0n) is 10.8. The molecule has 0 bridgehead atoms. The van der Waals surface area contributed by atoms with Gasteiger partial charge in [0.1, 0.15) is 0 Å². The van der Waals surface area contributed by atoms with Crippen LogP contribution in [0.25, 0.3) is 0 Å². The highest BCUT2D eigenvalue weighted by Gasteiger charge is 2.12. The molecule has 0 heterocycles. The molecule has 19 heavy (non-hydrogen) atoms. The average molecular weight is 268 g/mol. The number of nitrogens with one attached hydrogen (secondary N) is 1. The van der Waals surface area contributed by atoms with E-state index in [-0.39, 0.29) is 6.04 Å². The maximum Gasteiger partial charge on any atom is 0.0647 e. The summed E-state index contributed by atoms with van der Waals surface area (Å²) < 4.78 is 0. The molecule has 2 aromatic carbocycles. The van der Waals surface area contributed by atoms with Gasteiger partial charge in [-0.1, -0.05) is 42.5 Å². The first-order valence-electron chi connectivity index (χ1n) is 6.16. The van der Waals surface area contributed by atoms with Crippen molar-refractivity contribution in [2.24, 2.45) is 0 Å². The van der Waals surface area contributed by atoms with E-state index >= 15 is 0 Å². The van der Waals surface area contributed by atoms with E-state index in [4.69, 9.17) is 5.26 Å². The van der Waals surface area contributed by atoms with Crippen LogP contribution in [0.2, 0.25) is 0 Å². The third-order valence-electron chi connectivity index (χ3n) is 2.93. The van der Waals surface area contributed by atoms with E-state index in [1.165, 1.54) is 4.90 Å². The second-order valence-corrected chi connectivity index (χ2v) is 5.02. The molecule has 0 amide bonds. The van der Waals surface area contributed by atoms with Crippen LogP contribution in [-0.2, 0) is 0 Å². The van der Waals surface area contributed by atoms with Crippen molar-refractivity contribution in [1.82, 2.24) is 0 Å². The van der Waals surface area contributed by atoms with Crippen molar-refractivity contribution in [3.63, 3.8) is 0 Å². The van der Waals surface area contributed by atoms with Gasteiger partial charge >= 0.3 is 0 Å². The lowest BCUT2D eigenvalue weighted by atomic mass is 10.0. The molecule has 0 fully saturated rings. The van der Waals surface area contributed by atoms with Crippen LogP contribution in [0.15, 0.2) is 59.5 Å². The second kappa shape index (κ2) is 6.86. The van der Waals surface area contributed by atoms with Gasteiger partial charge in [-0.05, 0) is 24.0 Å². The van der Waals surface area contributed by atoms with E-state index in [9.17, 15) is 0 Å². The van der Waals surface area contributed by atoms with E-state index in [1.54, 1.807) is 11.8 Å². The maximum atomic E-state index is 9.01. The van der Waals surface area contributed by atoms with Gasteiger partial charge in [0.15, 0.2) is 0 Å². The minimum absolute atomic E-state index is 0.0273. The number of nitriles is 1. The topological polar surface area (TPSA) is 35.8 Å². The number of para-hydroxylation sites is 1. The number of rotatable bonds is 5. The Labute approximate surface area is 118 Å². The molecule has 0 aliphatic carbocycles. The van der Waals surface area contributed by atoms with Crippen LogP contribution in [0.1, 0.15) is 18.0 Å². The molecule has 2 aromatic rings. The lowest BCUT2D eigenvalue weighted by molar-refractivity contribution is 0.803. The number of hydrogen-bond acceptors (Lipinski definition) is 3. The fourth-order valence-corrected chi connectivity index (χ4v) is 2.54. The highest BCUT2D eigenvalue weighted by Crippen LogP contribution is 2.29. The molecule has 96 valence electrons. The van der Waals surface area contributed by atoms with Gasteiger partial charge in [0.25, 0.3) is 0 Å². The van der Waals surface area contributed by atoms with Crippen molar-refractivity contribution < 1.29 is 0 Å². The van der Waals surface area contributed by atoms with Gasteiger partial charge in [0, 0.05) is 10.6 Å². The first-order chi connectivity index (χ1) is 9.35. The first-order valence-corrected chi connectivity index (χ1v) is 7.39. The molecule has 0 aliphatic rings. The molecule has 0 radical (unpaired) electrons. The van der Waals surface area contributed by atoms with Gasteiger partial charge in [-0.2, -0.15) is 5.26 Å². The molecule has 1 unspecified atom stereocenters. The largest absolute Gasteiger partial charge is 0.376 e. The lowest BCUT2D eigenvalue weighted by Gasteiger charge is -2.19. The van der Waals surface area contributed by atoms with Gasteiger partial charge in [0.05, 0.1) is 18.5 Å². The Balaban J connectivity index is 2.24. The molecular weight excluding hydrogens is 252 g/mol. The molecule has 0 aromatic heterocycles. The fraction of sp³-hybridized carbons (Fsp3) is 0.188. The van der Waals surface area contributed by atoms with Crippen LogP contribution in [0.5, 0.6) is 0 Å². The summed E-state index contributed by atoms with van der Waals surface area (Å²) in [6.45, 7) is 0. The molecule has 2 nitrogen and oxygen atoms in total. The molecule has 0 saturated carbocycles. The molecule has 1 atom stereocenters. The van der Waals surface area contributed by atoms with Crippen molar-refractivity contribution >= 4 is 17.4 Å². The van der Waals surface area contributed by atoms with Crippen molar-refractivity contribution in [3.05, 3.63) is 60.2 Å². The minimum Gasteiger partial charge on any atom is -0.376 e. The Morgan fingerprint density at radius 2 is 1.79 bits per heavy atom. The predicted octanol–water partition coefficient (Wildman–Crippen LogP) is 4.48. The monoisotopic (exact) mass is 268 g/mol. The van der Waals surface area contributed by atoms with Crippen molar-refractivity contribution in [2.45, 2.75) is 17.4 Å². The standard InChI is InChI=1S/C16H16N2S/c1-19-16-10-6-5-9-15(16)18-14(11-12-17)13-7-3-2-4-8-13/h2-10,14,18H,11H2,1H3. The van der Waals surface area contributed by atoms with Crippen LogP contribution in [0.4, 0.5) is 5.69 Å². The van der Waals surface area contributed by atoms with E-state index < -0.39 is 0 Å². The Bertz CT molecular complexity index is 560. The Kier molecular flexibility index (Phi) is 4.88. The molecule has 0 saturated heterocycles. The van der Waals surface area contributed by atoms with Crippen LogP contribution >= 0.6 is 11.8 Å². The number of thioether (sulfide) groups is 1. The Hall–Kier alpha value is -1.92. The number of nitrogens with zero attached hydrogens (tertiary/aromatic N) is 1. The lowest BCUT2D eigenvalue weighted by Crippen LogP contribution is -2.10. The van der Waals surface area contributed by atoms with Crippen molar-refractivity contribution in [3.8, 4) is 6.07 Å². The third kappa shape index (κ3) is 3.52. The van der Waals surface area contributed by atoms with E-state index in [1.807, 2.05) is 30.3 Å². The summed E-state index contributed by atoms with van der Waals surface area (Å²) in [5.41, 5.74) is 2.22. The summed E-state index contributed by atoms with van der Waals surface area (Å²) in [5, 5.41) is 12.5. The normalized spacial score (nSPS) is 11.6. The minimum atomic E-state index is 0.0273. The number of benzene rings is 2. The van der Waals surface area contributed by atoms with Crippen LogP contribution in [0.3, 0.4) is 0 Å². The third-order valence-corrected chi connectivity index (χ3v) is 3.73.